The molecule has 0 fully saturated rings. The summed E-state index contributed by atoms with van der Waals surface area (Å²) in [6.07, 6.45) is 4.43. The van der Waals surface area contributed by atoms with E-state index in [1.165, 1.54) is 0 Å². The highest BCUT2D eigenvalue weighted by Crippen LogP contribution is 2.08. The van der Waals surface area contributed by atoms with E-state index in [4.69, 9.17) is 5.73 Å². The van der Waals surface area contributed by atoms with E-state index >= 15 is 0 Å². The van der Waals surface area contributed by atoms with Crippen molar-refractivity contribution in [2.24, 2.45) is 0 Å². The maximum atomic E-state index is 11.6. The summed E-state index contributed by atoms with van der Waals surface area (Å²) in [5.74, 6) is 0.0204. The Bertz CT molecular complexity index is 507. The van der Waals surface area contributed by atoms with E-state index in [0.29, 0.717) is 19.4 Å². The lowest BCUT2D eigenvalue weighted by Crippen LogP contribution is -2.23. The topological polar surface area (TPSA) is 83.8 Å². The van der Waals surface area contributed by atoms with E-state index in [0.717, 1.165) is 16.9 Å². The molecule has 1 aromatic heterocycles. The average Bonchev–Trinajstić information content (AvgIpc) is 2.87. The van der Waals surface area contributed by atoms with Crippen LogP contribution in [0, 0.1) is 0 Å². The van der Waals surface area contributed by atoms with E-state index in [1.54, 1.807) is 12.5 Å². The zero-order valence-electron chi connectivity index (χ0n) is 10.0. The van der Waals surface area contributed by atoms with Crippen LogP contribution in [-0.2, 0) is 17.8 Å². The largest absolute Gasteiger partial charge is 0.399 e. The van der Waals surface area contributed by atoms with Gasteiger partial charge in [-0.1, -0.05) is 12.1 Å². The lowest BCUT2D eigenvalue weighted by molar-refractivity contribution is -0.121. The van der Waals surface area contributed by atoms with Gasteiger partial charge in [-0.3, -0.25) is 4.79 Å². The van der Waals surface area contributed by atoms with E-state index < -0.39 is 0 Å². The van der Waals surface area contributed by atoms with Crippen LogP contribution in [0.5, 0.6) is 0 Å². The van der Waals surface area contributed by atoms with Gasteiger partial charge < -0.3 is 16.0 Å². The quantitative estimate of drug-likeness (QED) is 0.692. The van der Waals surface area contributed by atoms with Gasteiger partial charge in [0.25, 0.3) is 0 Å². The molecule has 0 aliphatic carbocycles. The molecule has 0 spiro atoms. The number of rotatable bonds is 5. The lowest BCUT2D eigenvalue weighted by atomic mass is 10.1. The predicted octanol–water partition coefficient (Wildman–Crippen LogP) is 1.24. The van der Waals surface area contributed by atoms with Crippen molar-refractivity contribution in [1.82, 2.24) is 15.3 Å². The fourth-order valence-electron chi connectivity index (χ4n) is 1.67. The molecule has 18 heavy (non-hydrogen) atoms. The number of aromatic amines is 1. The third-order valence-corrected chi connectivity index (χ3v) is 2.62. The number of anilines is 1. The fraction of sp³-hybridized carbons (Fsp3) is 0.231. The SMILES string of the molecule is Nc1cccc(CCC(=O)NCc2cnc[nH]2)c1. The van der Waals surface area contributed by atoms with Gasteiger partial charge >= 0.3 is 0 Å². The van der Waals surface area contributed by atoms with Crippen molar-refractivity contribution in [2.45, 2.75) is 19.4 Å². The van der Waals surface area contributed by atoms with Gasteiger partial charge in [-0.15, -0.1) is 0 Å². The van der Waals surface area contributed by atoms with Crippen LogP contribution in [0.25, 0.3) is 0 Å². The summed E-state index contributed by atoms with van der Waals surface area (Å²) in [7, 11) is 0. The second-order valence-corrected chi connectivity index (χ2v) is 4.10. The molecule has 0 bridgehead atoms. The number of nitrogens with one attached hydrogen (secondary N) is 2. The van der Waals surface area contributed by atoms with E-state index in [1.807, 2.05) is 24.3 Å². The summed E-state index contributed by atoms with van der Waals surface area (Å²) in [5.41, 5.74) is 8.37. The number of imidazole rings is 1. The molecule has 0 atom stereocenters. The molecule has 4 N–H and O–H groups in total. The number of amides is 1. The zero-order chi connectivity index (χ0) is 12.8. The molecule has 2 aromatic rings. The fourth-order valence-corrected chi connectivity index (χ4v) is 1.67. The third-order valence-electron chi connectivity index (χ3n) is 2.62. The summed E-state index contributed by atoms with van der Waals surface area (Å²) in [5, 5.41) is 2.83. The number of carbonyl (C=O) groups excluding carboxylic acids is 1. The molecule has 5 nitrogen and oxygen atoms in total. The van der Waals surface area contributed by atoms with Gasteiger partial charge in [0.2, 0.25) is 5.91 Å². The highest BCUT2D eigenvalue weighted by molar-refractivity contribution is 5.76. The first-order chi connectivity index (χ1) is 8.74. The first kappa shape index (κ1) is 12.2. The highest BCUT2D eigenvalue weighted by atomic mass is 16.1. The predicted molar refractivity (Wildman–Crippen MR) is 69.6 cm³/mol. The van der Waals surface area contributed by atoms with Gasteiger partial charge in [0, 0.05) is 18.3 Å². The molecule has 5 heteroatoms. The van der Waals surface area contributed by atoms with Crippen LogP contribution in [0.2, 0.25) is 0 Å². The maximum Gasteiger partial charge on any atom is 0.220 e. The number of H-pyrrole nitrogens is 1. The minimum Gasteiger partial charge on any atom is -0.399 e. The molecule has 2 rings (SSSR count). The number of nitrogens with two attached hydrogens (primary N) is 1. The summed E-state index contributed by atoms with van der Waals surface area (Å²) < 4.78 is 0. The average molecular weight is 244 g/mol. The van der Waals surface area contributed by atoms with Crippen LogP contribution in [0.15, 0.2) is 36.8 Å². The molecule has 94 valence electrons. The Kier molecular flexibility index (Phi) is 3.96. The molecule has 0 unspecified atom stereocenters. The van der Waals surface area contributed by atoms with E-state index in [9.17, 15) is 4.79 Å². The van der Waals surface area contributed by atoms with Crippen LogP contribution in [0.3, 0.4) is 0 Å². The number of aromatic nitrogens is 2. The first-order valence-corrected chi connectivity index (χ1v) is 5.82. The Morgan fingerprint density at radius 3 is 3.06 bits per heavy atom. The van der Waals surface area contributed by atoms with Crippen LogP contribution in [0.1, 0.15) is 17.7 Å². The minimum atomic E-state index is 0.0204. The Labute approximate surface area is 105 Å². The number of nitrogen functional groups attached to an aromatic ring is 1. The standard InChI is InChI=1S/C13H16N4O/c14-11-3-1-2-10(6-11)4-5-13(18)16-8-12-7-15-9-17-12/h1-3,6-7,9H,4-5,8,14H2,(H,15,17)(H,16,18). The van der Waals surface area contributed by atoms with E-state index in [2.05, 4.69) is 15.3 Å². The summed E-state index contributed by atoms with van der Waals surface area (Å²) >= 11 is 0. The van der Waals surface area contributed by atoms with Gasteiger partial charge in [0.1, 0.15) is 0 Å². The van der Waals surface area contributed by atoms with Crippen molar-refractivity contribution in [3.63, 3.8) is 0 Å². The van der Waals surface area contributed by atoms with Gasteiger partial charge in [0.05, 0.1) is 18.6 Å². The number of hydrogen-bond donors (Lipinski definition) is 3. The molecule has 0 radical (unpaired) electrons. The molecule has 1 amide bonds. The van der Waals surface area contributed by atoms with Crippen molar-refractivity contribution < 1.29 is 4.79 Å². The first-order valence-electron chi connectivity index (χ1n) is 5.82. The molecule has 0 aliphatic rings. The number of hydrogen-bond acceptors (Lipinski definition) is 3. The molecule has 1 aromatic carbocycles. The number of carbonyl (C=O) groups is 1. The van der Waals surface area contributed by atoms with Gasteiger partial charge in [-0.25, -0.2) is 4.98 Å². The highest BCUT2D eigenvalue weighted by Gasteiger charge is 2.03. The molecular weight excluding hydrogens is 228 g/mol. The Balaban J connectivity index is 1.75. The molecular formula is C13H16N4O. The number of aryl methyl sites for hydroxylation is 1. The number of benzene rings is 1. The molecule has 0 saturated carbocycles. The third kappa shape index (κ3) is 3.62. The normalized spacial score (nSPS) is 10.2. The van der Waals surface area contributed by atoms with Gasteiger partial charge in [-0.05, 0) is 24.1 Å². The van der Waals surface area contributed by atoms with Crippen molar-refractivity contribution in [2.75, 3.05) is 5.73 Å². The molecule has 0 saturated heterocycles. The van der Waals surface area contributed by atoms with Crippen LogP contribution in [0.4, 0.5) is 5.69 Å². The summed E-state index contributed by atoms with van der Waals surface area (Å²) in [6.45, 7) is 0.482. The molecule has 1 heterocycles. The lowest BCUT2D eigenvalue weighted by Gasteiger charge is -2.04. The van der Waals surface area contributed by atoms with Gasteiger partial charge in [-0.2, -0.15) is 0 Å². The summed E-state index contributed by atoms with van der Waals surface area (Å²) in [6, 6.07) is 7.59. The van der Waals surface area contributed by atoms with Crippen LogP contribution in [-0.4, -0.2) is 15.9 Å². The van der Waals surface area contributed by atoms with Gasteiger partial charge in [0.15, 0.2) is 0 Å². The zero-order valence-corrected chi connectivity index (χ0v) is 10.0. The van der Waals surface area contributed by atoms with Crippen molar-refractivity contribution in [1.29, 1.82) is 0 Å². The number of nitrogens with zero attached hydrogens (tertiary/aromatic N) is 1. The Morgan fingerprint density at radius 2 is 2.33 bits per heavy atom. The molecule has 0 aliphatic heterocycles. The monoisotopic (exact) mass is 244 g/mol. The van der Waals surface area contributed by atoms with E-state index in [-0.39, 0.29) is 5.91 Å². The maximum absolute atomic E-state index is 11.6. The second kappa shape index (κ2) is 5.86. The van der Waals surface area contributed by atoms with Crippen molar-refractivity contribution >= 4 is 11.6 Å². The Morgan fingerprint density at radius 1 is 1.44 bits per heavy atom. The second-order valence-electron chi connectivity index (χ2n) is 4.10. The summed E-state index contributed by atoms with van der Waals surface area (Å²) in [4.78, 5) is 18.4. The van der Waals surface area contributed by atoms with Crippen LogP contribution >= 0.6 is 0 Å². The van der Waals surface area contributed by atoms with Crippen molar-refractivity contribution in [3.8, 4) is 0 Å². The van der Waals surface area contributed by atoms with Crippen molar-refractivity contribution in [3.05, 3.63) is 48.0 Å². The minimum absolute atomic E-state index is 0.0204. The van der Waals surface area contributed by atoms with Crippen LogP contribution < -0.4 is 11.1 Å². The smallest absolute Gasteiger partial charge is 0.220 e. The Hall–Kier alpha value is -2.30.